The van der Waals surface area contributed by atoms with Crippen molar-refractivity contribution in [2.24, 2.45) is 0 Å². The van der Waals surface area contributed by atoms with Crippen molar-refractivity contribution in [2.75, 3.05) is 11.9 Å². The molecule has 0 saturated carbocycles. The third-order valence-corrected chi connectivity index (χ3v) is 3.03. The first-order valence-electron chi connectivity index (χ1n) is 5.55. The Morgan fingerprint density at radius 3 is 2.21 bits per heavy atom. The highest BCUT2D eigenvalue weighted by Crippen LogP contribution is 2.24. The third kappa shape index (κ3) is 3.32. The average molecular weight is 299 g/mol. The van der Waals surface area contributed by atoms with E-state index in [-0.39, 0.29) is 23.1 Å². The topological polar surface area (TPSA) is 70.9 Å². The summed E-state index contributed by atoms with van der Waals surface area (Å²) < 4.78 is 0. The average Bonchev–Trinajstić information content (AvgIpc) is 2.38. The van der Waals surface area contributed by atoms with Crippen LogP contribution >= 0.6 is 23.2 Å². The van der Waals surface area contributed by atoms with Gasteiger partial charge in [0.05, 0.1) is 12.1 Å². The molecule has 2 rings (SSSR count). The van der Waals surface area contributed by atoms with Gasteiger partial charge in [0.25, 0.3) is 0 Å². The summed E-state index contributed by atoms with van der Waals surface area (Å²) in [6.07, 6.45) is 0. The maximum Gasteiger partial charge on any atom is 0.229 e. The SMILES string of the molecule is CC(CO)(Nc1nc(Cl)nc(Cl)n1)c1ccccc1. The molecule has 5 nitrogen and oxygen atoms in total. The van der Waals surface area contributed by atoms with Gasteiger partial charge in [-0.15, -0.1) is 0 Å². The van der Waals surface area contributed by atoms with Crippen molar-refractivity contribution in [3.63, 3.8) is 0 Å². The first-order chi connectivity index (χ1) is 9.03. The standard InChI is InChI=1S/C12H12Cl2N4O/c1-12(7-19,8-5-3-2-4-6-8)18-11-16-9(13)15-10(14)17-11/h2-6,19H,7H2,1H3,(H,15,16,17,18). The predicted octanol–water partition coefficient (Wildman–Crippen LogP) is 2.50. The number of aliphatic hydroxyl groups excluding tert-OH is 1. The molecule has 19 heavy (non-hydrogen) atoms. The van der Waals surface area contributed by atoms with Gasteiger partial charge in [0, 0.05) is 0 Å². The lowest BCUT2D eigenvalue weighted by Crippen LogP contribution is -2.36. The monoisotopic (exact) mass is 298 g/mol. The molecule has 2 aromatic rings. The Labute approximate surface area is 120 Å². The quantitative estimate of drug-likeness (QED) is 0.907. The first-order valence-corrected chi connectivity index (χ1v) is 6.31. The summed E-state index contributed by atoms with van der Waals surface area (Å²) in [6, 6.07) is 9.47. The van der Waals surface area contributed by atoms with Gasteiger partial charge in [-0.05, 0) is 35.7 Å². The number of anilines is 1. The van der Waals surface area contributed by atoms with Crippen molar-refractivity contribution in [3.05, 3.63) is 46.5 Å². The minimum atomic E-state index is -0.741. The van der Waals surface area contributed by atoms with Crippen LogP contribution in [0, 0.1) is 0 Å². The number of nitrogens with zero attached hydrogens (tertiary/aromatic N) is 3. The van der Waals surface area contributed by atoms with Crippen LogP contribution in [0.4, 0.5) is 5.95 Å². The zero-order valence-corrected chi connectivity index (χ0v) is 11.7. The van der Waals surface area contributed by atoms with Crippen molar-refractivity contribution in [3.8, 4) is 0 Å². The van der Waals surface area contributed by atoms with Crippen LogP contribution in [0.25, 0.3) is 0 Å². The van der Waals surface area contributed by atoms with Crippen molar-refractivity contribution in [1.82, 2.24) is 15.0 Å². The van der Waals surface area contributed by atoms with E-state index in [9.17, 15) is 5.11 Å². The van der Waals surface area contributed by atoms with Gasteiger partial charge in [-0.2, -0.15) is 15.0 Å². The van der Waals surface area contributed by atoms with Crippen molar-refractivity contribution < 1.29 is 5.11 Å². The molecular weight excluding hydrogens is 287 g/mol. The van der Waals surface area contributed by atoms with Gasteiger partial charge in [0.15, 0.2) is 0 Å². The van der Waals surface area contributed by atoms with E-state index in [2.05, 4.69) is 20.3 Å². The minimum Gasteiger partial charge on any atom is -0.394 e. The molecule has 1 aromatic carbocycles. The van der Waals surface area contributed by atoms with Crippen LogP contribution in [0.1, 0.15) is 12.5 Å². The summed E-state index contributed by atoms with van der Waals surface area (Å²) in [4.78, 5) is 11.5. The van der Waals surface area contributed by atoms with Gasteiger partial charge in [0.1, 0.15) is 0 Å². The molecule has 7 heteroatoms. The molecule has 0 aliphatic heterocycles. The molecule has 1 aromatic heterocycles. The van der Waals surface area contributed by atoms with Crippen LogP contribution in [-0.4, -0.2) is 26.7 Å². The molecule has 0 fully saturated rings. The Kier molecular flexibility index (Phi) is 4.19. The summed E-state index contributed by atoms with van der Waals surface area (Å²) in [5, 5.41) is 12.7. The Bertz CT molecular complexity index is 547. The number of rotatable bonds is 4. The highest BCUT2D eigenvalue weighted by atomic mass is 35.5. The molecule has 0 bridgehead atoms. The normalized spacial score (nSPS) is 13.9. The Morgan fingerprint density at radius 1 is 1.11 bits per heavy atom. The van der Waals surface area contributed by atoms with E-state index in [0.717, 1.165) is 5.56 Å². The van der Waals surface area contributed by atoms with E-state index in [0.29, 0.717) is 0 Å². The second-order valence-electron chi connectivity index (χ2n) is 4.18. The lowest BCUT2D eigenvalue weighted by Gasteiger charge is -2.29. The molecular formula is C12H12Cl2N4O. The Balaban J connectivity index is 2.33. The molecule has 0 amide bonds. The van der Waals surface area contributed by atoms with Crippen LogP contribution in [0.5, 0.6) is 0 Å². The second-order valence-corrected chi connectivity index (χ2v) is 4.85. The number of aliphatic hydroxyl groups is 1. The fraction of sp³-hybridized carbons (Fsp3) is 0.250. The summed E-state index contributed by atoms with van der Waals surface area (Å²) in [5.41, 5.74) is 0.153. The Morgan fingerprint density at radius 2 is 1.68 bits per heavy atom. The first kappa shape index (κ1) is 14.0. The molecule has 100 valence electrons. The summed E-state index contributed by atoms with van der Waals surface area (Å²) in [6.45, 7) is 1.69. The number of halogens is 2. The number of benzene rings is 1. The smallest absolute Gasteiger partial charge is 0.229 e. The molecule has 0 aliphatic carbocycles. The van der Waals surface area contributed by atoms with Gasteiger partial charge in [-0.25, -0.2) is 0 Å². The third-order valence-electron chi connectivity index (χ3n) is 2.70. The van der Waals surface area contributed by atoms with E-state index >= 15 is 0 Å². The highest BCUT2D eigenvalue weighted by molar-refractivity contribution is 6.31. The van der Waals surface area contributed by atoms with Crippen molar-refractivity contribution >= 4 is 29.2 Å². The Hall–Kier alpha value is -1.43. The summed E-state index contributed by atoms with van der Waals surface area (Å²) >= 11 is 11.4. The lowest BCUT2D eigenvalue weighted by atomic mass is 9.93. The highest BCUT2D eigenvalue weighted by Gasteiger charge is 2.26. The van der Waals surface area contributed by atoms with E-state index in [1.165, 1.54) is 0 Å². The molecule has 0 radical (unpaired) electrons. The van der Waals surface area contributed by atoms with Gasteiger partial charge < -0.3 is 10.4 Å². The van der Waals surface area contributed by atoms with Crippen molar-refractivity contribution in [2.45, 2.75) is 12.5 Å². The van der Waals surface area contributed by atoms with Crippen LogP contribution in [0.2, 0.25) is 10.6 Å². The van der Waals surface area contributed by atoms with E-state index in [1.54, 1.807) is 0 Å². The van der Waals surface area contributed by atoms with Crippen LogP contribution in [-0.2, 0) is 5.54 Å². The summed E-state index contributed by atoms with van der Waals surface area (Å²) in [5.74, 6) is 0.213. The van der Waals surface area contributed by atoms with E-state index in [1.807, 2.05) is 37.3 Å². The zero-order valence-electron chi connectivity index (χ0n) is 10.1. The van der Waals surface area contributed by atoms with Crippen LogP contribution in [0.3, 0.4) is 0 Å². The number of nitrogens with one attached hydrogen (secondary N) is 1. The van der Waals surface area contributed by atoms with Crippen molar-refractivity contribution in [1.29, 1.82) is 0 Å². The second kappa shape index (κ2) is 5.69. The van der Waals surface area contributed by atoms with Gasteiger partial charge in [0.2, 0.25) is 16.5 Å². The summed E-state index contributed by atoms with van der Waals surface area (Å²) in [7, 11) is 0. The zero-order chi connectivity index (χ0) is 13.9. The molecule has 0 saturated heterocycles. The molecule has 2 N–H and O–H groups in total. The fourth-order valence-corrected chi connectivity index (χ4v) is 2.00. The van der Waals surface area contributed by atoms with E-state index in [4.69, 9.17) is 23.2 Å². The molecule has 1 heterocycles. The molecule has 1 unspecified atom stereocenters. The van der Waals surface area contributed by atoms with Crippen LogP contribution < -0.4 is 5.32 Å². The van der Waals surface area contributed by atoms with Gasteiger partial charge in [-0.3, -0.25) is 0 Å². The lowest BCUT2D eigenvalue weighted by molar-refractivity contribution is 0.223. The molecule has 0 spiro atoms. The predicted molar refractivity (Wildman–Crippen MR) is 74.3 cm³/mol. The van der Waals surface area contributed by atoms with E-state index < -0.39 is 5.54 Å². The largest absolute Gasteiger partial charge is 0.394 e. The maximum atomic E-state index is 9.64. The van der Waals surface area contributed by atoms with Gasteiger partial charge >= 0.3 is 0 Å². The van der Waals surface area contributed by atoms with Crippen LogP contribution in [0.15, 0.2) is 30.3 Å². The fourth-order valence-electron chi connectivity index (χ4n) is 1.64. The number of aromatic nitrogens is 3. The minimum absolute atomic E-state index is 0.00384. The maximum absolute atomic E-state index is 9.64. The molecule has 1 atom stereocenters. The number of hydrogen-bond acceptors (Lipinski definition) is 5. The molecule has 0 aliphatic rings. The number of hydrogen-bond donors (Lipinski definition) is 2. The van der Waals surface area contributed by atoms with Gasteiger partial charge in [-0.1, -0.05) is 30.3 Å².